The number of amides is 1. The van der Waals surface area contributed by atoms with E-state index in [1.165, 1.54) is 4.31 Å². The van der Waals surface area contributed by atoms with Gasteiger partial charge in [-0.05, 0) is 62.4 Å². The average molecular weight is 463 g/mol. The van der Waals surface area contributed by atoms with E-state index in [2.05, 4.69) is 10.1 Å². The molecule has 1 aliphatic rings. The van der Waals surface area contributed by atoms with Gasteiger partial charge in [0.2, 0.25) is 21.8 Å². The molecule has 0 bridgehead atoms. The Morgan fingerprint density at radius 2 is 1.47 bits per heavy atom. The minimum Gasteiger partial charge on any atom is -0.340 e. The number of carbonyl (C=O) groups excluding carboxylic acids is 1. The molecule has 1 amide bonds. The first-order chi connectivity index (χ1) is 14.9. The maximum atomic E-state index is 13.5. The summed E-state index contributed by atoms with van der Waals surface area (Å²) in [5, 5.41) is 3.92. The Balaban J connectivity index is 1.65. The summed E-state index contributed by atoms with van der Waals surface area (Å²) in [6.07, 6.45) is 0.651. The molecule has 1 fully saturated rings. The monoisotopic (exact) mass is 462 g/mol. The van der Waals surface area contributed by atoms with E-state index in [1.54, 1.807) is 4.90 Å². The van der Waals surface area contributed by atoms with Crippen LogP contribution in [0.5, 0.6) is 0 Å². The van der Waals surface area contributed by atoms with Crippen LogP contribution in [0.2, 0.25) is 0 Å². The molecular formula is C23H34N4O4S. The molecule has 0 saturated carbocycles. The van der Waals surface area contributed by atoms with E-state index in [9.17, 15) is 13.2 Å². The van der Waals surface area contributed by atoms with Crippen molar-refractivity contribution in [3.8, 4) is 0 Å². The molecule has 2 aromatic rings. The molecule has 9 heteroatoms. The molecule has 0 radical (unpaired) electrons. The average Bonchev–Trinajstić information content (AvgIpc) is 3.24. The molecule has 0 aliphatic carbocycles. The van der Waals surface area contributed by atoms with Gasteiger partial charge in [-0.25, -0.2) is 8.42 Å². The van der Waals surface area contributed by atoms with Crippen molar-refractivity contribution in [2.24, 2.45) is 0 Å². The highest BCUT2D eigenvalue weighted by atomic mass is 32.2. The number of nitrogens with zero attached hydrogens (tertiary/aromatic N) is 4. The molecule has 1 aromatic carbocycles. The largest absolute Gasteiger partial charge is 0.340 e. The highest BCUT2D eigenvalue weighted by Crippen LogP contribution is 2.32. The van der Waals surface area contributed by atoms with Crippen LogP contribution in [0.15, 0.2) is 9.42 Å². The van der Waals surface area contributed by atoms with Crippen molar-refractivity contribution in [1.29, 1.82) is 0 Å². The Morgan fingerprint density at radius 1 is 0.938 bits per heavy atom. The summed E-state index contributed by atoms with van der Waals surface area (Å²) in [6.45, 7) is 15.0. The van der Waals surface area contributed by atoms with Crippen LogP contribution < -0.4 is 0 Å². The number of sulfonamides is 1. The van der Waals surface area contributed by atoms with Gasteiger partial charge in [0.15, 0.2) is 5.82 Å². The predicted molar refractivity (Wildman–Crippen MR) is 122 cm³/mol. The normalized spacial score (nSPS) is 15.6. The second-order valence-corrected chi connectivity index (χ2v) is 10.8. The minimum atomic E-state index is -3.63. The van der Waals surface area contributed by atoms with Gasteiger partial charge in [-0.2, -0.15) is 9.29 Å². The fourth-order valence-corrected chi connectivity index (χ4v) is 6.12. The molecular weight excluding hydrogens is 428 g/mol. The molecule has 8 nitrogen and oxygen atoms in total. The lowest BCUT2D eigenvalue weighted by atomic mass is 9.95. The maximum Gasteiger partial charge on any atom is 0.243 e. The summed E-state index contributed by atoms with van der Waals surface area (Å²) in [5.74, 6) is 1.24. The molecule has 32 heavy (non-hydrogen) atoms. The number of benzene rings is 1. The van der Waals surface area contributed by atoms with Gasteiger partial charge in [0.05, 0.1) is 4.90 Å². The Labute approximate surface area is 191 Å². The number of rotatable bonds is 6. The molecule has 0 atom stereocenters. The zero-order chi connectivity index (χ0) is 23.8. The SMILES string of the molecule is Cc1c(C)c(C)c(S(=O)(=O)N2CCN(C(=O)CCc3nc(C(C)C)no3)CC2)c(C)c1C. The Kier molecular flexibility index (Phi) is 7.09. The van der Waals surface area contributed by atoms with Gasteiger partial charge in [0.25, 0.3) is 0 Å². The lowest BCUT2D eigenvalue weighted by molar-refractivity contribution is -0.132. The Morgan fingerprint density at radius 3 is 1.97 bits per heavy atom. The summed E-state index contributed by atoms with van der Waals surface area (Å²) in [6, 6.07) is 0. The van der Waals surface area contributed by atoms with Crippen molar-refractivity contribution in [1.82, 2.24) is 19.3 Å². The molecule has 176 valence electrons. The first-order valence-corrected chi connectivity index (χ1v) is 12.6. The van der Waals surface area contributed by atoms with Gasteiger partial charge in [-0.1, -0.05) is 19.0 Å². The zero-order valence-corrected chi connectivity index (χ0v) is 21.0. The molecule has 2 heterocycles. The smallest absolute Gasteiger partial charge is 0.243 e. The van der Waals surface area contributed by atoms with Gasteiger partial charge in [-0.3, -0.25) is 4.79 Å². The van der Waals surface area contributed by atoms with Crippen molar-refractivity contribution >= 4 is 15.9 Å². The van der Waals surface area contributed by atoms with E-state index in [0.29, 0.717) is 36.1 Å². The van der Waals surface area contributed by atoms with Crippen LogP contribution in [0.3, 0.4) is 0 Å². The summed E-state index contributed by atoms with van der Waals surface area (Å²) in [7, 11) is -3.63. The van der Waals surface area contributed by atoms with Crippen LogP contribution in [0, 0.1) is 34.6 Å². The lowest BCUT2D eigenvalue weighted by Crippen LogP contribution is -2.50. The Bertz CT molecular complexity index is 1080. The number of hydrogen-bond acceptors (Lipinski definition) is 6. The van der Waals surface area contributed by atoms with Gasteiger partial charge < -0.3 is 9.42 Å². The third-order valence-electron chi connectivity index (χ3n) is 6.67. The molecule has 0 spiro atoms. The van der Waals surface area contributed by atoms with Crippen molar-refractivity contribution in [2.45, 2.75) is 72.1 Å². The number of carbonyl (C=O) groups is 1. The second-order valence-electron chi connectivity index (χ2n) is 8.94. The van der Waals surface area contributed by atoms with Crippen LogP contribution in [0.1, 0.15) is 65.7 Å². The second kappa shape index (κ2) is 9.31. The van der Waals surface area contributed by atoms with Gasteiger partial charge in [0, 0.05) is 44.9 Å². The Hall–Kier alpha value is -2.26. The standard InChI is InChI=1S/C23H34N4O4S/c1-14(2)23-24-20(31-25-23)8-9-21(28)26-10-12-27(13-11-26)32(29,30)22-18(6)16(4)15(3)17(5)19(22)7/h14H,8-13H2,1-7H3. The van der Waals surface area contributed by atoms with Crippen molar-refractivity contribution in [3.63, 3.8) is 0 Å². The topological polar surface area (TPSA) is 96.6 Å². The van der Waals surface area contributed by atoms with E-state index in [-0.39, 0.29) is 31.3 Å². The number of hydrogen-bond donors (Lipinski definition) is 0. The lowest BCUT2D eigenvalue weighted by Gasteiger charge is -2.35. The first-order valence-electron chi connectivity index (χ1n) is 11.1. The minimum absolute atomic E-state index is 0.0271. The van der Waals surface area contributed by atoms with Gasteiger partial charge in [-0.15, -0.1) is 0 Å². The van der Waals surface area contributed by atoms with E-state index in [1.807, 2.05) is 48.5 Å². The third kappa shape index (κ3) is 4.59. The van der Waals surface area contributed by atoms with E-state index < -0.39 is 10.0 Å². The number of piperazine rings is 1. The summed E-state index contributed by atoms with van der Waals surface area (Å²) in [4.78, 5) is 19.1. The summed E-state index contributed by atoms with van der Waals surface area (Å²) in [5.41, 5.74) is 4.79. The van der Waals surface area contributed by atoms with Crippen molar-refractivity contribution < 1.29 is 17.7 Å². The summed E-state index contributed by atoms with van der Waals surface area (Å²) >= 11 is 0. The quantitative estimate of drug-likeness (QED) is 0.654. The predicted octanol–water partition coefficient (Wildman–Crippen LogP) is 3.20. The van der Waals surface area contributed by atoms with E-state index in [4.69, 9.17) is 4.52 Å². The first kappa shape index (κ1) is 24.4. The fraction of sp³-hybridized carbons (Fsp3) is 0.609. The highest BCUT2D eigenvalue weighted by Gasteiger charge is 2.33. The van der Waals surface area contributed by atoms with Crippen LogP contribution in [0.25, 0.3) is 0 Å². The number of aromatic nitrogens is 2. The summed E-state index contributed by atoms with van der Waals surface area (Å²) < 4.78 is 33.7. The fourth-order valence-electron chi connectivity index (χ4n) is 4.14. The highest BCUT2D eigenvalue weighted by molar-refractivity contribution is 7.89. The molecule has 0 N–H and O–H groups in total. The number of aryl methyl sites for hydroxylation is 1. The van der Waals surface area contributed by atoms with Gasteiger partial charge >= 0.3 is 0 Å². The van der Waals surface area contributed by atoms with Crippen LogP contribution >= 0.6 is 0 Å². The van der Waals surface area contributed by atoms with Crippen LogP contribution in [-0.4, -0.2) is 59.8 Å². The molecule has 1 aromatic heterocycles. The van der Waals surface area contributed by atoms with E-state index >= 15 is 0 Å². The molecule has 0 unspecified atom stereocenters. The molecule has 1 aliphatic heterocycles. The van der Waals surface area contributed by atoms with Crippen LogP contribution in [0.4, 0.5) is 0 Å². The van der Waals surface area contributed by atoms with Crippen molar-refractivity contribution in [3.05, 3.63) is 39.5 Å². The van der Waals surface area contributed by atoms with E-state index in [0.717, 1.165) is 27.8 Å². The third-order valence-corrected chi connectivity index (χ3v) is 8.85. The molecule has 1 saturated heterocycles. The maximum absolute atomic E-state index is 13.5. The van der Waals surface area contributed by atoms with Crippen LogP contribution in [-0.2, 0) is 21.2 Å². The van der Waals surface area contributed by atoms with Gasteiger partial charge in [0.1, 0.15) is 0 Å². The molecule has 3 rings (SSSR count). The van der Waals surface area contributed by atoms with Crippen molar-refractivity contribution in [2.75, 3.05) is 26.2 Å². The zero-order valence-electron chi connectivity index (χ0n) is 20.2.